The number of rotatable bonds is 4. The van der Waals surface area contributed by atoms with Gasteiger partial charge in [0.25, 0.3) is 0 Å². The van der Waals surface area contributed by atoms with E-state index in [1.807, 2.05) is 42.5 Å². The minimum absolute atomic E-state index is 0.217. The highest BCUT2D eigenvalue weighted by atomic mass is 35.5. The van der Waals surface area contributed by atoms with Crippen molar-refractivity contribution >= 4 is 46.5 Å². The molecule has 0 atom stereocenters. The zero-order valence-corrected chi connectivity index (χ0v) is 19.7. The molecule has 1 saturated heterocycles. The topological polar surface area (TPSA) is 98.8 Å². The predicted molar refractivity (Wildman–Crippen MR) is 137 cm³/mol. The van der Waals surface area contributed by atoms with Crippen molar-refractivity contribution in [3.8, 4) is 5.75 Å². The maximum Gasteiger partial charge on any atom is 0.323 e. The summed E-state index contributed by atoms with van der Waals surface area (Å²) in [4.78, 5) is 33.1. The quantitative estimate of drug-likeness (QED) is 0.491. The molecule has 0 radical (unpaired) electrons. The lowest BCUT2D eigenvalue weighted by Gasteiger charge is -2.36. The molecule has 35 heavy (non-hydrogen) atoms. The Balaban J connectivity index is 1.12. The first-order valence-electron chi connectivity index (χ1n) is 11.4. The molecule has 1 aromatic heterocycles. The first-order valence-corrected chi connectivity index (χ1v) is 11.8. The van der Waals surface area contributed by atoms with E-state index in [9.17, 15) is 9.59 Å². The summed E-state index contributed by atoms with van der Waals surface area (Å²) in [7, 11) is 0. The van der Waals surface area contributed by atoms with E-state index in [-0.39, 0.29) is 12.1 Å². The number of anilines is 4. The largest absolute Gasteiger partial charge is 0.491 e. The third-order valence-electron chi connectivity index (χ3n) is 6.00. The van der Waals surface area contributed by atoms with Crippen LogP contribution in [0.2, 0.25) is 5.02 Å². The zero-order chi connectivity index (χ0) is 24.2. The van der Waals surface area contributed by atoms with Crippen LogP contribution in [0.15, 0.2) is 60.8 Å². The average molecular weight is 493 g/mol. The second-order valence-corrected chi connectivity index (χ2v) is 8.66. The molecule has 0 aliphatic carbocycles. The number of aromatic nitrogens is 1. The lowest BCUT2D eigenvalue weighted by Crippen LogP contribution is -2.50. The van der Waals surface area contributed by atoms with Gasteiger partial charge in [-0.05, 0) is 48.0 Å². The van der Waals surface area contributed by atoms with Gasteiger partial charge in [-0.1, -0.05) is 23.7 Å². The highest BCUT2D eigenvalue weighted by molar-refractivity contribution is 6.33. The van der Waals surface area contributed by atoms with Crippen LogP contribution in [0.4, 0.5) is 32.5 Å². The van der Waals surface area contributed by atoms with Gasteiger partial charge in [0.1, 0.15) is 5.75 Å². The summed E-state index contributed by atoms with van der Waals surface area (Å²) < 4.78 is 5.64. The number of piperazine rings is 1. The fraction of sp³-hybridized carbons (Fsp3) is 0.240. The fourth-order valence-corrected chi connectivity index (χ4v) is 4.35. The van der Waals surface area contributed by atoms with Crippen LogP contribution in [-0.4, -0.2) is 54.7 Å². The summed E-state index contributed by atoms with van der Waals surface area (Å²) in [6.45, 7) is 3.16. The molecule has 3 N–H and O–H groups in total. The molecule has 1 fully saturated rings. The Morgan fingerprint density at radius 2 is 1.71 bits per heavy atom. The first-order chi connectivity index (χ1) is 17.1. The van der Waals surface area contributed by atoms with Crippen molar-refractivity contribution in [2.45, 2.75) is 6.42 Å². The minimum atomic E-state index is -0.325. The summed E-state index contributed by atoms with van der Waals surface area (Å²) in [5.41, 5.74) is 3.48. The molecular weight excluding hydrogens is 468 g/mol. The van der Waals surface area contributed by atoms with Crippen molar-refractivity contribution in [1.29, 1.82) is 0 Å². The molecule has 9 nitrogen and oxygen atoms in total. The van der Waals surface area contributed by atoms with Crippen molar-refractivity contribution in [2.75, 3.05) is 53.6 Å². The number of ether oxygens (including phenoxy) is 1. The Morgan fingerprint density at radius 3 is 2.49 bits per heavy atom. The van der Waals surface area contributed by atoms with E-state index in [0.717, 1.165) is 23.4 Å². The van der Waals surface area contributed by atoms with Gasteiger partial charge in [0.05, 0.1) is 17.3 Å². The van der Waals surface area contributed by atoms with Gasteiger partial charge in [-0.2, -0.15) is 0 Å². The molecule has 3 aromatic rings. The summed E-state index contributed by atoms with van der Waals surface area (Å²) >= 11 is 6.08. The summed E-state index contributed by atoms with van der Waals surface area (Å²) in [5, 5.41) is 8.89. The number of fused-ring (bicyclic) bond motifs is 1. The molecule has 0 spiro atoms. The molecule has 0 unspecified atom stereocenters. The molecule has 0 bridgehead atoms. The van der Waals surface area contributed by atoms with Gasteiger partial charge in [0, 0.05) is 50.2 Å². The van der Waals surface area contributed by atoms with Gasteiger partial charge in [0.15, 0.2) is 5.82 Å². The number of para-hydroxylation sites is 1. The zero-order valence-electron chi connectivity index (χ0n) is 19.0. The average Bonchev–Trinajstić information content (AvgIpc) is 3.36. The molecule has 180 valence electrons. The van der Waals surface area contributed by atoms with E-state index in [4.69, 9.17) is 16.3 Å². The second-order valence-electron chi connectivity index (χ2n) is 8.26. The van der Waals surface area contributed by atoms with E-state index < -0.39 is 0 Å². The van der Waals surface area contributed by atoms with Gasteiger partial charge >= 0.3 is 12.1 Å². The fourth-order valence-electron chi connectivity index (χ4n) is 4.18. The lowest BCUT2D eigenvalue weighted by molar-refractivity contribution is 0.208. The molecule has 3 heterocycles. The van der Waals surface area contributed by atoms with Crippen molar-refractivity contribution < 1.29 is 14.3 Å². The predicted octanol–water partition coefficient (Wildman–Crippen LogP) is 4.67. The molecule has 2 aromatic carbocycles. The monoisotopic (exact) mass is 492 g/mol. The third-order valence-corrected chi connectivity index (χ3v) is 6.31. The Kier molecular flexibility index (Phi) is 6.58. The summed E-state index contributed by atoms with van der Waals surface area (Å²) in [5.74, 6) is 1.10. The maximum atomic E-state index is 12.5. The van der Waals surface area contributed by atoms with Gasteiger partial charge in [-0.25, -0.2) is 14.6 Å². The number of carbonyl (C=O) groups is 2. The summed E-state index contributed by atoms with van der Waals surface area (Å²) in [6, 6.07) is 16.3. The van der Waals surface area contributed by atoms with E-state index in [0.29, 0.717) is 55.0 Å². The molecule has 2 aliphatic rings. The van der Waals surface area contributed by atoms with E-state index in [2.05, 4.69) is 25.8 Å². The standard InChI is InChI=1S/C25H25ClN6O3/c26-20-4-2-11-27-23(20)30-25(34)32-14-12-31(13-15-32)19-8-6-18(7-9-19)28-24(33)29-21-5-1-3-17-10-16-35-22(17)21/h1-9,11H,10,12-16H2,(H,27,30,34)(H2,28,29,33). The molecule has 4 amide bonds. The van der Waals surface area contributed by atoms with E-state index >= 15 is 0 Å². The smallest absolute Gasteiger partial charge is 0.323 e. The Labute approximate surface area is 208 Å². The van der Waals surface area contributed by atoms with Crippen LogP contribution in [0.25, 0.3) is 0 Å². The van der Waals surface area contributed by atoms with Crippen LogP contribution in [0.1, 0.15) is 5.56 Å². The normalized spacial score (nSPS) is 14.7. The van der Waals surface area contributed by atoms with Crippen LogP contribution in [0.5, 0.6) is 5.75 Å². The third kappa shape index (κ3) is 5.25. The van der Waals surface area contributed by atoms with Crippen LogP contribution in [0, 0.1) is 0 Å². The second kappa shape index (κ2) is 10.1. The van der Waals surface area contributed by atoms with Gasteiger partial charge in [0.2, 0.25) is 0 Å². The number of nitrogens with one attached hydrogen (secondary N) is 3. The number of amides is 4. The summed E-state index contributed by atoms with van der Waals surface area (Å²) in [6.07, 6.45) is 2.44. The van der Waals surface area contributed by atoms with E-state index in [1.54, 1.807) is 23.2 Å². The number of urea groups is 2. The van der Waals surface area contributed by atoms with Crippen LogP contribution >= 0.6 is 11.6 Å². The number of benzene rings is 2. The van der Waals surface area contributed by atoms with Crippen molar-refractivity contribution in [3.63, 3.8) is 0 Å². The number of carbonyl (C=O) groups excluding carboxylic acids is 2. The first kappa shape index (κ1) is 22.8. The minimum Gasteiger partial charge on any atom is -0.491 e. The Morgan fingerprint density at radius 1 is 0.914 bits per heavy atom. The molecule has 0 saturated carbocycles. The number of hydrogen-bond donors (Lipinski definition) is 3. The molecule has 5 rings (SSSR count). The highest BCUT2D eigenvalue weighted by Crippen LogP contribution is 2.33. The van der Waals surface area contributed by atoms with Crippen LogP contribution in [0.3, 0.4) is 0 Å². The number of hydrogen-bond acceptors (Lipinski definition) is 5. The van der Waals surface area contributed by atoms with Crippen molar-refractivity contribution in [3.05, 3.63) is 71.4 Å². The maximum absolute atomic E-state index is 12.5. The Bertz CT molecular complexity index is 1230. The van der Waals surface area contributed by atoms with Gasteiger partial charge < -0.3 is 25.2 Å². The van der Waals surface area contributed by atoms with Crippen molar-refractivity contribution in [2.24, 2.45) is 0 Å². The van der Waals surface area contributed by atoms with Gasteiger partial charge in [-0.15, -0.1) is 0 Å². The number of pyridine rings is 1. The van der Waals surface area contributed by atoms with Gasteiger partial charge in [-0.3, -0.25) is 5.32 Å². The SMILES string of the molecule is O=C(Nc1ccc(N2CCN(C(=O)Nc3ncccc3Cl)CC2)cc1)Nc1cccc2c1OCC2. The van der Waals surface area contributed by atoms with E-state index in [1.165, 1.54) is 0 Å². The van der Waals surface area contributed by atoms with Crippen LogP contribution < -0.4 is 25.6 Å². The Hall–Kier alpha value is -3.98. The lowest BCUT2D eigenvalue weighted by atomic mass is 10.1. The molecule has 2 aliphatic heterocycles. The number of nitrogens with zero attached hydrogens (tertiary/aromatic N) is 3. The van der Waals surface area contributed by atoms with Crippen molar-refractivity contribution in [1.82, 2.24) is 9.88 Å². The molecular formula is C25H25ClN6O3. The highest BCUT2D eigenvalue weighted by Gasteiger charge is 2.22. The van der Waals surface area contributed by atoms with Crippen LogP contribution in [-0.2, 0) is 6.42 Å². The number of halogens is 1. The molecule has 10 heteroatoms.